The van der Waals surface area contributed by atoms with Crippen molar-refractivity contribution >= 4 is 60.6 Å². The molecule has 5 nitrogen and oxygen atoms in total. The number of nitrogen functional groups attached to an aromatic ring is 1. The SMILES string of the molecule is CCc1cc2c(NCc3sccc3Br)nc(NN)nc2s1. The quantitative estimate of drug-likeness (QED) is 0.458. The Morgan fingerprint density at radius 2 is 2.24 bits per heavy atom. The van der Waals surface area contributed by atoms with Gasteiger partial charge in [0.15, 0.2) is 0 Å². The number of anilines is 2. The lowest BCUT2D eigenvalue weighted by Crippen LogP contribution is -2.12. The lowest BCUT2D eigenvalue weighted by atomic mass is 10.3. The van der Waals surface area contributed by atoms with Crippen LogP contribution in [0.3, 0.4) is 0 Å². The Bertz CT molecular complexity index is 767. The van der Waals surface area contributed by atoms with E-state index in [4.69, 9.17) is 5.84 Å². The Balaban J connectivity index is 1.95. The zero-order valence-electron chi connectivity index (χ0n) is 11.3. The monoisotopic (exact) mass is 383 g/mol. The molecule has 4 N–H and O–H groups in total. The van der Waals surface area contributed by atoms with Gasteiger partial charge in [0.05, 0.1) is 11.9 Å². The number of nitrogens with zero attached hydrogens (tertiary/aromatic N) is 2. The Hall–Kier alpha value is -1.22. The molecule has 3 rings (SSSR count). The van der Waals surface area contributed by atoms with Crippen molar-refractivity contribution in [1.29, 1.82) is 0 Å². The van der Waals surface area contributed by atoms with Gasteiger partial charge in [0.2, 0.25) is 5.95 Å². The van der Waals surface area contributed by atoms with Crippen LogP contribution in [0.1, 0.15) is 16.7 Å². The van der Waals surface area contributed by atoms with Crippen molar-refractivity contribution in [2.24, 2.45) is 5.84 Å². The molecule has 0 aliphatic rings. The largest absolute Gasteiger partial charge is 0.364 e. The summed E-state index contributed by atoms with van der Waals surface area (Å²) >= 11 is 6.92. The summed E-state index contributed by atoms with van der Waals surface area (Å²) < 4.78 is 1.11. The van der Waals surface area contributed by atoms with E-state index in [1.165, 1.54) is 9.75 Å². The molecule has 3 aromatic rings. The molecule has 0 atom stereocenters. The molecule has 110 valence electrons. The predicted molar refractivity (Wildman–Crippen MR) is 93.9 cm³/mol. The molecule has 0 radical (unpaired) electrons. The highest BCUT2D eigenvalue weighted by molar-refractivity contribution is 9.10. The molecule has 3 aromatic heterocycles. The second-order valence-electron chi connectivity index (χ2n) is 4.37. The number of hydrogen-bond donors (Lipinski definition) is 3. The van der Waals surface area contributed by atoms with Crippen LogP contribution in [0.2, 0.25) is 0 Å². The minimum atomic E-state index is 0.430. The van der Waals surface area contributed by atoms with Gasteiger partial charge in [-0.2, -0.15) is 4.98 Å². The highest BCUT2D eigenvalue weighted by Crippen LogP contribution is 2.31. The molecule has 0 aromatic carbocycles. The molecule has 0 amide bonds. The lowest BCUT2D eigenvalue weighted by molar-refractivity contribution is 1.10. The van der Waals surface area contributed by atoms with E-state index in [2.05, 4.69) is 55.0 Å². The van der Waals surface area contributed by atoms with Crippen LogP contribution in [0.4, 0.5) is 11.8 Å². The number of halogens is 1. The molecule has 0 unspecified atom stereocenters. The summed E-state index contributed by atoms with van der Waals surface area (Å²) in [6.07, 6.45) is 0.988. The van der Waals surface area contributed by atoms with E-state index in [0.29, 0.717) is 12.5 Å². The van der Waals surface area contributed by atoms with Gasteiger partial charge in [0.25, 0.3) is 0 Å². The summed E-state index contributed by atoms with van der Waals surface area (Å²) in [5, 5.41) is 6.49. The fourth-order valence-electron chi connectivity index (χ4n) is 1.96. The van der Waals surface area contributed by atoms with Crippen molar-refractivity contribution in [3.8, 4) is 0 Å². The molecule has 0 spiro atoms. The average molecular weight is 384 g/mol. The van der Waals surface area contributed by atoms with Crippen molar-refractivity contribution < 1.29 is 0 Å². The fourth-order valence-corrected chi connectivity index (χ4v) is 4.36. The summed E-state index contributed by atoms with van der Waals surface area (Å²) in [5.74, 6) is 6.70. The molecule has 3 heterocycles. The molecule has 8 heteroatoms. The van der Waals surface area contributed by atoms with Gasteiger partial charge in [-0.15, -0.1) is 22.7 Å². The van der Waals surface area contributed by atoms with E-state index in [0.717, 1.165) is 26.9 Å². The van der Waals surface area contributed by atoms with Crippen LogP contribution in [0.5, 0.6) is 0 Å². The van der Waals surface area contributed by atoms with E-state index >= 15 is 0 Å². The second kappa shape index (κ2) is 6.27. The number of rotatable bonds is 5. The van der Waals surface area contributed by atoms with Gasteiger partial charge in [-0.25, -0.2) is 10.8 Å². The Kier molecular flexibility index (Phi) is 4.39. The van der Waals surface area contributed by atoms with Crippen LogP contribution in [-0.2, 0) is 13.0 Å². The lowest BCUT2D eigenvalue weighted by Gasteiger charge is -2.07. The molecular formula is C13H14BrN5S2. The minimum Gasteiger partial charge on any atom is -0.364 e. The molecule has 0 aliphatic carbocycles. The standard InChI is InChI=1S/C13H14BrN5S2/c1-2-7-5-8-11(16-6-10-9(14)3-4-20-10)17-13(19-15)18-12(8)21-7/h3-5H,2,6,15H2,1H3,(H2,16,17,18,19). The zero-order chi connectivity index (χ0) is 14.8. The van der Waals surface area contributed by atoms with Crippen LogP contribution in [0.25, 0.3) is 10.2 Å². The van der Waals surface area contributed by atoms with Gasteiger partial charge in [0, 0.05) is 14.2 Å². The molecule has 0 fully saturated rings. The van der Waals surface area contributed by atoms with Crippen molar-refractivity contribution in [2.75, 3.05) is 10.7 Å². The molecule has 0 aliphatic heterocycles. The van der Waals surface area contributed by atoms with Gasteiger partial charge in [0.1, 0.15) is 10.6 Å². The third-order valence-electron chi connectivity index (χ3n) is 3.03. The minimum absolute atomic E-state index is 0.430. The number of hydrogen-bond acceptors (Lipinski definition) is 7. The van der Waals surface area contributed by atoms with E-state index in [1.807, 2.05) is 6.07 Å². The Labute approximate surface area is 138 Å². The Morgan fingerprint density at radius 3 is 2.90 bits per heavy atom. The molecular weight excluding hydrogens is 370 g/mol. The predicted octanol–water partition coefficient (Wildman–Crippen LogP) is 3.98. The summed E-state index contributed by atoms with van der Waals surface area (Å²) in [5.41, 5.74) is 2.53. The first kappa shape index (κ1) is 14.7. The highest BCUT2D eigenvalue weighted by atomic mass is 79.9. The second-order valence-corrected chi connectivity index (χ2v) is 7.34. The van der Waals surface area contributed by atoms with E-state index in [9.17, 15) is 0 Å². The normalized spacial score (nSPS) is 11.0. The summed E-state index contributed by atoms with van der Waals surface area (Å²) in [6, 6.07) is 4.19. The molecule has 0 saturated carbocycles. The third-order valence-corrected chi connectivity index (χ3v) is 6.13. The van der Waals surface area contributed by atoms with Gasteiger partial charge in [-0.05, 0) is 39.9 Å². The highest BCUT2D eigenvalue weighted by Gasteiger charge is 2.11. The number of aromatic nitrogens is 2. The van der Waals surface area contributed by atoms with Gasteiger partial charge < -0.3 is 5.32 Å². The molecule has 0 saturated heterocycles. The first-order chi connectivity index (χ1) is 10.2. The van der Waals surface area contributed by atoms with Gasteiger partial charge in [-0.3, -0.25) is 5.43 Å². The number of fused-ring (bicyclic) bond motifs is 1. The summed E-state index contributed by atoms with van der Waals surface area (Å²) in [7, 11) is 0. The van der Waals surface area contributed by atoms with Crippen molar-refractivity contribution in [3.63, 3.8) is 0 Å². The zero-order valence-corrected chi connectivity index (χ0v) is 14.5. The van der Waals surface area contributed by atoms with Gasteiger partial charge in [-0.1, -0.05) is 6.92 Å². The smallest absolute Gasteiger partial charge is 0.240 e. The van der Waals surface area contributed by atoms with Crippen LogP contribution in [-0.4, -0.2) is 9.97 Å². The number of nitrogens with one attached hydrogen (secondary N) is 2. The van der Waals surface area contributed by atoms with Crippen molar-refractivity contribution in [1.82, 2.24) is 9.97 Å². The van der Waals surface area contributed by atoms with Crippen molar-refractivity contribution in [2.45, 2.75) is 19.9 Å². The van der Waals surface area contributed by atoms with E-state index in [-0.39, 0.29) is 0 Å². The van der Waals surface area contributed by atoms with Crippen LogP contribution < -0.4 is 16.6 Å². The number of aryl methyl sites for hydroxylation is 1. The van der Waals surface area contributed by atoms with Crippen LogP contribution in [0.15, 0.2) is 22.0 Å². The molecule has 21 heavy (non-hydrogen) atoms. The fraction of sp³-hybridized carbons (Fsp3) is 0.231. The average Bonchev–Trinajstić information content (AvgIpc) is 3.10. The maximum absolute atomic E-state index is 5.46. The van der Waals surface area contributed by atoms with Crippen LogP contribution in [0, 0.1) is 0 Å². The number of thiophene rings is 2. The maximum atomic E-state index is 5.46. The molecule has 0 bridgehead atoms. The topological polar surface area (TPSA) is 75.9 Å². The van der Waals surface area contributed by atoms with E-state index in [1.54, 1.807) is 22.7 Å². The van der Waals surface area contributed by atoms with Crippen molar-refractivity contribution in [3.05, 3.63) is 31.7 Å². The maximum Gasteiger partial charge on any atom is 0.240 e. The summed E-state index contributed by atoms with van der Waals surface area (Å²) in [4.78, 5) is 12.3. The first-order valence-corrected chi connectivity index (χ1v) is 8.93. The first-order valence-electron chi connectivity index (χ1n) is 6.44. The third kappa shape index (κ3) is 3.03. The number of nitrogens with two attached hydrogens (primary N) is 1. The van der Waals surface area contributed by atoms with Gasteiger partial charge >= 0.3 is 0 Å². The van der Waals surface area contributed by atoms with E-state index < -0.39 is 0 Å². The van der Waals surface area contributed by atoms with Crippen LogP contribution >= 0.6 is 38.6 Å². The number of hydrazine groups is 1. The summed E-state index contributed by atoms with van der Waals surface area (Å²) in [6.45, 7) is 2.85. The Morgan fingerprint density at radius 1 is 1.38 bits per heavy atom.